The number of piperidine rings is 1. The molecule has 2 amide bonds. The van der Waals surface area contributed by atoms with Crippen LogP contribution in [0.2, 0.25) is 5.02 Å². The van der Waals surface area contributed by atoms with Crippen molar-refractivity contribution in [1.82, 2.24) is 9.88 Å². The molecule has 1 aromatic heterocycles. The van der Waals surface area contributed by atoms with E-state index in [0.717, 1.165) is 5.56 Å². The lowest BCUT2D eigenvalue weighted by molar-refractivity contribution is -0.123. The van der Waals surface area contributed by atoms with E-state index in [2.05, 4.69) is 4.98 Å². The summed E-state index contributed by atoms with van der Waals surface area (Å²) in [6, 6.07) is 12.7. The van der Waals surface area contributed by atoms with Crippen molar-refractivity contribution in [2.24, 2.45) is 11.7 Å². The number of carbonyl (C=O) groups is 2. The number of likely N-dealkylation sites (tertiary alicyclic amines) is 1. The van der Waals surface area contributed by atoms with Crippen molar-refractivity contribution in [3.63, 3.8) is 0 Å². The number of halogens is 1. The number of benzene rings is 1. The van der Waals surface area contributed by atoms with Crippen LogP contribution in [0.25, 0.3) is 11.3 Å². The first-order valence-electron chi connectivity index (χ1n) is 7.87. The molecule has 1 fully saturated rings. The van der Waals surface area contributed by atoms with Gasteiger partial charge in [-0.1, -0.05) is 35.9 Å². The molecule has 0 bridgehead atoms. The standard InChI is InChI=1S/C18H18ClN3O2/c19-14-5-2-1-4-13(14)15-6-3-7-16(21-15)18(24)22-10-8-12(9-11-22)17(20)23/h1-7,12H,8-11H2,(H2,20,23). The van der Waals surface area contributed by atoms with Crippen molar-refractivity contribution in [3.05, 3.63) is 53.2 Å². The largest absolute Gasteiger partial charge is 0.369 e. The van der Waals surface area contributed by atoms with Gasteiger partial charge in [-0.3, -0.25) is 9.59 Å². The maximum absolute atomic E-state index is 12.7. The first-order valence-corrected chi connectivity index (χ1v) is 8.24. The Labute approximate surface area is 145 Å². The molecule has 0 unspecified atom stereocenters. The Bertz CT molecular complexity index is 770. The van der Waals surface area contributed by atoms with Crippen LogP contribution in [-0.2, 0) is 4.79 Å². The summed E-state index contributed by atoms with van der Waals surface area (Å²) < 4.78 is 0. The highest BCUT2D eigenvalue weighted by Crippen LogP contribution is 2.26. The molecule has 3 rings (SSSR count). The van der Waals surface area contributed by atoms with Gasteiger partial charge in [0.1, 0.15) is 5.69 Å². The van der Waals surface area contributed by atoms with E-state index in [-0.39, 0.29) is 17.7 Å². The van der Waals surface area contributed by atoms with Crippen LogP contribution >= 0.6 is 11.6 Å². The van der Waals surface area contributed by atoms with Crippen LogP contribution in [0.15, 0.2) is 42.5 Å². The van der Waals surface area contributed by atoms with E-state index < -0.39 is 0 Å². The van der Waals surface area contributed by atoms with Crippen LogP contribution in [-0.4, -0.2) is 34.8 Å². The number of hydrogen-bond donors (Lipinski definition) is 1. The van der Waals surface area contributed by atoms with Gasteiger partial charge in [-0.05, 0) is 31.0 Å². The molecule has 2 heterocycles. The van der Waals surface area contributed by atoms with E-state index in [1.165, 1.54) is 0 Å². The molecule has 24 heavy (non-hydrogen) atoms. The molecular formula is C18H18ClN3O2. The highest BCUT2D eigenvalue weighted by molar-refractivity contribution is 6.33. The van der Waals surface area contributed by atoms with Gasteiger partial charge in [0.05, 0.1) is 5.69 Å². The number of hydrogen-bond acceptors (Lipinski definition) is 3. The summed E-state index contributed by atoms with van der Waals surface area (Å²) in [6.45, 7) is 1.04. The minimum atomic E-state index is -0.291. The Morgan fingerprint density at radius 1 is 1.08 bits per heavy atom. The lowest BCUT2D eigenvalue weighted by Gasteiger charge is -2.30. The summed E-state index contributed by atoms with van der Waals surface area (Å²) in [5.74, 6) is -0.566. The van der Waals surface area contributed by atoms with Gasteiger partial charge in [0.15, 0.2) is 0 Å². The van der Waals surface area contributed by atoms with E-state index in [4.69, 9.17) is 17.3 Å². The van der Waals surface area contributed by atoms with Gasteiger partial charge < -0.3 is 10.6 Å². The normalized spacial score (nSPS) is 15.3. The van der Waals surface area contributed by atoms with Gasteiger partial charge in [0, 0.05) is 29.6 Å². The number of nitrogens with two attached hydrogens (primary N) is 1. The Kier molecular flexibility index (Phi) is 4.81. The number of carbonyl (C=O) groups excluding carboxylic acids is 2. The molecular weight excluding hydrogens is 326 g/mol. The smallest absolute Gasteiger partial charge is 0.272 e. The molecule has 0 saturated carbocycles. The summed E-state index contributed by atoms with van der Waals surface area (Å²) in [6.07, 6.45) is 1.20. The lowest BCUT2D eigenvalue weighted by Crippen LogP contribution is -2.42. The molecule has 1 aliphatic rings. The number of rotatable bonds is 3. The monoisotopic (exact) mass is 343 g/mol. The molecule has 1 saturated heterocycles. The highest BCUT2D eigenvalue weighted by atomic mass is 35.5. The maximum atomic E-state index is 12.7. The summed E-state index contributed by atoms with van der Waals surface area (Å²) in [4.78, 5) is 30.1. The van der Waals surface area contributed by atoms with Crippen LogP contribution in [0.4, 0.5) is 0 Å². The zero-order chi connectivity index (χ0) is 17.1. The second-order valence-electron chi connectivity index (χ2n) is 5.86. The topological polar surface area (TPSA) is 76.3 Å². The van der Waals surface area contributed by atoms with E-state index in [1.54, 1.807) is 23.1 Å². The molecule has 2 aromatic rings. The molecule has 2 N–H and O–H groups in total. The van der Waals surface area contributed by atoms with E-state index >= 15 is 0 Å². The van der Waals surface area contributed by atoms with E-state index in [9.17, 15) is 9.59 Å². The quantitative estimate of drug-likeness (QED) is 0.930. The lowest BCUT2D eigenvalue weighted by atomic mass is 9.96. The van der Waals surface area contributed by atoms with Crippen molar-refractivity contribution in [2.45, 2.75) is 12.8 Å². The third-order valence-corrected chi connectivity index (χ3v) is 4.63. The number of nitrogens with zero attached hydrogens (tertiary/aromatic N) is 2. The third-order valence-electron chi connectivity index (χ3n) is 4.30. The SMILES string of the molecule is NC(=O)C1CCN(C(=O)c2cccc(-c3ccccc3Cl)n2)CC1. The van der Waals surface area contributed by atoms with Crippen LogP contribution in [0, 0.1) is 5.92 Å². The summed E-state index contributed by atoms with van der Waals surface area (Å²) in [7, 11) is 0. The van der Waals surface area contributed by atoms with Crippen molar-refractivity contribution in [1.29, 1.82) is 0 Å². The molecule has 0 spiro atoms. The molecule has 6 heteroatoms. The average Bonchev–Trinajstić information content (AvgIpc) is 2.61. The zero-order valence-corrected chi connectivity index (χ0v) is 13.9. The summed E-state index contributed by atoms with van der Waals surface area (Å²) in [5.41, 5.74) is 7.17. The van der Waals surface area contributed by atoms with Gasteiger partial charge in [-0.15, -0.1) is 0 Å². The second-order valence-corrected chi connectivity index (χ2v) is 6.26. The van der Waals surface area contributed by atoms with Gasteiger partial charge in [-0.2, -0.15) is 0 Å². The van der Waals surface area contributed by atoms with Gasteiger partial charge in [0.2, 0.25) is 5.91 Å². The fourth-order valence-electron chi connectivity index (χ4n) is 2.90. The number of amides is 2. The first kappa shape index (κ1) is 16.5. The number of primary amides is 1. The van der Waals surface area contributed by atoms with Gasteiger partial charge in [0.25, 0.3) is 5.91 Å². The molecule has 0 radical (unpaired) electrons. The molecule has 5 nitrogen and oxygen atoms in total. The van der Waals surface area contributed by atoms with Crippen LogP contribution in [0.5, 0.6) is 0 Å². The fraction of sp³-hybridized carbons (Fsp3) is 0.278. The van der Waals surface area contributed by atoms with Crippen molar-refractivity contribution >= 4 is 23.4 Å². The van der Waals surface area contributed by atoms with Gasteiger partial charge in [-0.25, -0.2) is 4.98 Å². The maximum Gasteiger partial charge on any atom is 0.272 e. The Morgan fingerprint density at radius 2 is 1.79 bits per heavy atom. The van der Waals surface area contributed by atoms with Crippen LogP contribution in [0.3, 0.4) is 0 Å². The average molecular weight is 344 g/mol. The third kappa shape index (κ3) is 3.41. The minimum Gasteiger partial charge on any atom is -0.369 e. The van der Waals surface area contributed by atoms with Crippen molar-refractivity contribution in [2.75, 3.05) is 13.1 Å². The predicted octanol–water partition coefficient (Wildman–Crippen LogP) is 2.74. The predicted molar refractivity (Wildman–Crippen MR) is 92.5 cm³/mol. The Morgan fingerprint density at radius 3 is 2.46 bits per heavy atom. The molecule has 1 aliphatic heterocycles. The Balaban J connectivity index is 1.78. The fourth-order valence-corrected chi connectivity index (χ4v) is 3.13. The summed E-state index contributed by atoms with van der Waals surface area (Å²) in [5, 5.41) is 0.594. The van der Waals surface area contributed by atoms with Crippen LogP contribution in [0.1, 0.15) is 23.3 Å². The highest BCUT2D eigenvalue weighted by Gasteiger charge is 2.27. The van der Waals surface area contributed by atoms with Gasteiger partial charge >= 0.3 is 0 Å². The first-order chi connectivity index (χ1) is 11.6. The Hall–Kier alpha value is -2.40. The van der Waals surface area contributed by atoms with E-state index in [1.807, 2.05) is 24.3 Å². The number of aromatic nitrogens is 1. The molecule has 124 valence electrons. The summed E-state index contributed by atoms with van der Waals surface area (Å²) >= 11 is 6.21. The minimum absolute atomic E-state index is 0.133. The molecule has 1 aromatic carbocycles. The van der Waals surface area contributed by atoms with Crippen molar-refractivity contribution < 1.29 is 9.59 Å². The van der Waals surface area contributed by atoms with Crippen LogP contribution < -0.4 is 5.73 Å². The van der Waals surface area contributed by atoms with Crippen molar-refractivity contribution in [3.8, 4) is 11.3 Å². The zero-order valence-electron chi connectivity index (χ0n) is 13.1. The molecule has 0 atom stereocenters. The molecule has 0 aliphatic carbocycles. The second kappa shape index (κ2) is 7.01. The van der Waals surface area contributed by atoms with E-state index in [0.29, 0.717) is 42.3 Å². The number of pyridine rings is 1.